The van der Waals surface area contributed by atoms with Gasteiger partial charge in [0.2, 0.25) is 0 Å². The Labute approximate surface area is 101 Å². The Morgan fingerprint density at radius 1 is 1.44 bits per heavy atom. The average molecular weight is 260 g/mol. The number of benzene rings is 1. The van der Waals surface area contributed by atoms with E-state index in [9.17, 15) is 23.7 Å². The molecule has 1 aromatic rings. The van der Waals surface area contributed by atoms with E-state index in [1.165, 1.54) is 7.05 Å². The van der Waals surface area contributed by atoms with E-state index >= 15 is 0 Å². The third kappa shape index (κ3) is 2.90. The Balaban J connectivity index is 3.10. The summed E-state index contributed by atoms with van der Waals surface area (Å²) in [5.74, 6) is -2.92. The first-order chi connectivity index (χ1) is 8.36. The van der Waals surface area contributed by atoms with Gasteiger partial charge in [0.25, 0.3) is 5.69 Å². The lowest BCUT2D eigenvalue weighted by Crippen LogP contribution is -2.28. The molecular formula is C10H10F2N2O4. The highest BCUT2D eigenvalue weighted by Crippen LogP contribution is 2.27. The molecule has 8 heteroatoms. The molecule has 0 amide bonds. The second-order valence-electron chi connectivity index (χ2n) is 3.45. The number of carbonyl (C=O) groups excluding carboxylic acids is 1. The van der Waals surface area contributed by atoms with Crippen LogP contribution in [0.15, 0.2) is 12.1 Å². The third-order valence-electron chi connectivity index (χ3n) is 2.19. The van der Waals surface area contributed by atoms with Gasteiger partial charge >= 0.3 is 5.97 Å². The topological polar surface area (TPSA) is 72.7 Å². The zero-order chi connectivity index (χ0) is 13.9. The van der Waals surface area contributed by atoms with Crippen molar-refractivity contribution in [1.29, 1.82) is 0 Å². The van der Waals surface area contributed by atoms with Crippen LogP contribution < -0.4 is 4.90 Å². The van der Waals surface area contributed by atoms with Gasteiger partial charge in [0.1, 0.15) is 12.2 Å². The van der Waals surface area contributed by atoms with Crippen molar-refractivity contribution < 1.29 is 23.2 Å². The molecule has 1 rings (SSSR count). The molecule has 0 heterocycles. The van der Waals surface area contributed by atoms with Gasteiger partial charge in [0.05, 0.1) is 24.2 Å². The lowest BCUT2D eigenvalue weighted by atomic mass is 10.2. The summed E-state index contributed by atoms with van der Waals surface area (Å²) in [5, 5.41) is 10.4. The molecule has 98 valence electrons. The summed E-state index contributed by atoms with van der Waals surface area (Å²) in [6.45, 7) is -0.373. The van der Waals surface area contributed by atoms with Gasteiger partial charge in [-0.15, -0.1) is 0 Å². The monoisotopic (exact) mass is 260 g/mol. The Kier molecular flexibility index (Phi) is 4.13. The highest BCUT2D eigenvalue weighted by Gasteiger charge is 2.21. The number of non-ortho nitro benzene ring substituents is 1. The zero-order valence-corrected chi connectivity index (χ0v) is 9.65. The quantitative estimate of drug-likeness (QED) is 0.466. The zero-order valence-electron chi connectivity index (χ0n) is 9.65. The number of hydrogen-bond acceptors (Lipinski definition) is 5. The van der Waals surface area contributed by atoms with Crippen LogP contribution in [0, 0.1) is 21.7 Å². The highest BCUT2D eigenvalue weighted by molar-refractivity contribution is 5.75. The first-order valence-electron chi connectivity index (χ1n) is 4.78. The molecule has 0 aliphatic rings. The van der Waals surface area contributed by atoms with Crippen LogP contribution in [0.5, 0.6) is 0 Å². The fourth-order valence-corrected chi connectivity index (χ4v) is 1.36. The van der Waals surface area contributed by atoms with Crippen LogP contribution in [0.2, 0.25) is 0 Å². The normalized spacial score (nSPS) is 10.0. The number of carbonyl (C=O) groups is 1. The van der Waals surface area contributed by atoms with Crippen molar-refractivity contribution in [2.45, 2.75) is 0 Å². The summed E-state index contributed by atoms with van der Waals surface area (Å²) >= 11 is 0. The number of rotatable bonds is 4. The molecule has 0 saturated heterocycles. The maximum Gasteiger partial charge on any atom is 0.325 e. The van der Waals surface area contributed by atoms with Gasteiger partial charge in [0.15, 0.2) is 11.6 Å². The molecule has 6 nitrogen and oxygen atoms in total. The fraction of sp³-hybridized carbons (Fsp3) is 0.300. The molecule has 0 radical (unpaired) electrons. The van der Waals surface area contributed by atoms with Crippen molar-refractivity contribution in [2.24, 2.45) is 0 Å². The largest absolute Gasteiger partial charge is 0.468 e. The maximum absolute atomic E-state index is 13.5. The molecule has 0 N–H and O–H groups in total. The molecule has 0 bridgehead atoms. The first kappa shape index (κ1) is 13.8. The predicted octanol–water partition coefficient (Wildman–Crippen LogP) is 1.48. The van der Waals surface area contributed by atoms with Crippen LogP contribution in [0.25, 0.3) is 0 Å². The summed E-state index contributed by atoms with van der Waals surface area (Å²) in [4.78, 5) is 21.4. The van der Waals surface area contributed by atoms with Crippen LogP contribution in [-0.2, 0) is 9.53 Å². The van der Waals surface area contributed by atoms with E-state index < -0.39 is 33.9 Å². The number of nitro benzene ring substituents is 1. The van der Waals surface area contributed by atoms with Crippen LogP contribution in [-0.4, -0.2) is 31.6 Å². The van der Waals surface area contributed by atoms with Crippen molar-refractivity contribution in [1.82, 2.24) is 0 Å². The van der Waals surface area contributed by atoms with Gasteiger partial charge in [-0.1, -0.05) is 0 Å². The van der Waals surface area contributed by atoms with Gasteiger partial charge in [-0.2, -0.15) is 0 Å². The van der Waals surface area contributed by atoms with Gasteiger partial charge < -0.3 is 9.64 Å². The molecule has 0 atom stereocenters. The summed E-state index contributed by atoms with van der Waals surface area (Å²) in [7, 11) is 2.41. The van der Waals surface area contributed by atoms with E-state index in [2.05, 4.69) is 4.74 Å². The molecule has 0 aliphatic carbocycles. The highest BCUT2D eigenvalue weighted by atomic mass is 19.1. The Morgan fingerprint density at radius 3 is 2.33 bits per heavy atom. The number of methoxy groups -OCH3 is 1. The van der Waals surface area contributed by atoms with Crippen LogP contribution in [0.3, 0.4) is 0 Å². The number of anilines is 1. The minimum Gasteiger partial charge on any atom is -0.468 e. The van der Waals surface area contributed by atoms with E-state index in [0.717, 1.165) is 12.0 Å². The number of ether oxygens (including phenoxy) is 1. The Bertz CT molecular complexity index is 470. The third-order valence-corrected chi connectivity index (χ3v) is 2.19. The summed E-state index contributed by atoms with van der Waals surface area (Å²) < 4.78 is 31.4. The number of hydrogen-bond donors (Lipinski definition) is 0. The minimum atomic E-state index is -1.12. The van der Waals surface area contributed by atoms with E-state index in [-0.39, 0.29) is 6.54 Å². The van der Waals surface area contributed by atoms with Crippen molar-refractivity contribution >= 4 is 17.3 Å². The minimum absolute atomic E-state index is 0.373. The molecule has 0 aliphatic heterocycles. The fourth-order valence-electron chi connectivity index (χ4n) is 1.36. The average Bonchev–Trinajstić information content (AvgIpc) is 2.27. The van der Waals surface area contributed by atoms with E-state index in [0.29, 0.717) is 12.1 Å². The lowest BCUT2D eigenvalue weighted by Gasteiger charge is -2.18. The SMILES string of the molecule is COC(=O)CN(C)c1c(F)cc([N+](=O)[O-])cc1F. The molecule has 0 fully saturated rings. The molecule has 0 aromatic heterocycles. The van der Waals surface area contributed by atoms with Crippen LogP contribution in [0.4, 0.5) is 20.2 Å². The van der Waals surface area contributed by atoms with Gasteiger partial charge in [-0.05, 0) is 0 Å². The second kappa shape index (κ2) is 5.39. The first-order valence-corrected chi connectivity index (χ1v) is 4.78. The molecular weight excluding hydrogens is 250 g/mol. The van der Waals surface area contributed by atoms with Crippen LogP contribution in [0.1, 0.15) is 0 Å². The summed E-state index contributed by atoms with van der Waals surface area (Å²) in [6.07, 6.45) is 0. The lowest BCUT2D eigenvalue weighted by molar-refractivity contribution is -0.385. The second-order valence-corrected chi connectivity index (χ2v) is 3.45. The van der Waals surface area contributed by atoms with Gasteiger partial charge in [-0.25, -0.2) is 8.78 Å². The van der Waals surface area contributed by atoms with Gasteiger partial charge in [-0.3, -0.25) is 14.9 Å². The summed E-state index contributed by atoms with van der Waals surface area (Å²) in [6, 6.07) is 1.18. The van der Waals surface area contributed by atoms with E-state index in [1.807, 2.05) is 0 Å². The van der Waals surface area contributed by atoms with Gasteiger partial charge in [0, 0.05) is 7.05 Å². The molecule has 0 spiro atoms. The Morgan fingerprint density at radius 2 is 1.94 bits per heavy atom. The van der Waals surface area contributed by atoms with Crippen molar-refractivity contribution in [3.63, 3.8) is 0 Å². The van der Waals surface area contributed by atoms with E-state index in [4.69, 9.17) is 0 Å². The van der Waals surface area contributed by atoms with E-state index in [1.54, 1.807) is 0 Å². The molecule has 18 heavy (non-hydrogen) atoms. The number of nitro groups is 1. The number of halogens is 2. The summed E-state index contributed by atoms with van der Waals surface area (Å²) in [5.41, 5.74) is -1.22. The standard InChI is InChI=1S/C10H10F2N2O4/c1-13(5-9(15)18-2)10-7(11)3-6(14(16)17)4-8(10)12/h3-4H,5H2,1-2H3. The van der Waals surface area contributed by atoms with Crippen molar-refractivity contribution in [2.75, 3.05) is 25.6 Å². The van der Waals surface area contributed by atoms with Crippen molar-refractivity contribution in [3.8, 4) is 0 Å². The molecule has 1 aromatic carbocycles. The molecule has 0 saturated carbocycles. The number of nitrogens with zero attached hydrogens (tertiary/aromatic N) is 2. The predicted molar refractivity (Wildman–Crippen MR) is 58.3 cm³/mol. The Hall–Kier alpha value is -2.25. The number of likely N-dealkylation sites (N-methyl/N-ethyl adjacent to an activating group) is 1. The maximum atomic E-state index is 13.5. The number of esters is 1. The molecule has 0 unspecified atom stereocenters. The smallest absolute Gasteiger partial charge is 0.325 e. The van der Waals surface area contributed by atoms with Crippen LogP contribution >= 0.6 is 0 Å². The van der Waals surface area contributed by atoms with Crippen molar-refractivity contribution in [3.05, 3.63) is 33.9 Å².